The minimum absolute atomic E-state index is 0.304. The van der Waals surface area contributed by atoms with Gasteiger partial charge in [0, 0.05) is 28.1 Å². The number of nitrogens with two attached hydrogens (primary N) is 1. The van der Waals surface area contributed by atoms with Gasteiger partial charge in [0.15, 0.2) is 5.76 Å². The van der Waals surface area contributed by atoms with Crippen LogP contribution in [0.15, 0.2) is 16.8 Å². The number of rotatable bonds is 4. The number of aryl methyl sites for hydroxylation is 1. The van der Waals surface area contributed by atoms with Gasteiger partial charge in [0.25, 0.3) is 0 Å². The molecule has 1 aliphatic heterocycles. The second-order valence-electron chi connectivity index (χ2n) is 9.69. The second-order valence-corrected chi connectivity index (χ2v) is 10.8. The molecule has 6 rings (SSSR count). The number of likely N-dealkylation sites (N-methyl/N-ethyl adjacent to an activating group) is 1. The molecule has 2 N–H and O–H groups in total. The highest BCUT2D eigenvalue weighted by Crippen LogP contribution is 2.54. The van der Waals surface area contributed by atoms with E-state index in [0.29, 0.717) is 40.7 Å². The van der Waals surface area contributed by atoms with Crippen LogP contribution in [0.25, 0.3) is 11.5 Å². The Labute approximate surface area is 202 Å². The zero-order valence-corrected chi connectivity index (χ0v) is 20.2. The number of hydrogen-bond acceptors (Lipinski definition) is 9. The standard InChI is InChI=1S/C25H28N6O2S/c1-31-12-4-5-15(31)14-32-24-28-11-8-18(29-24)21-16-6-2-9-25(22(16)30-33-21)10-3-7-19-20(25)17(13-26)23(27)34-19/h8,11,15H,2-7,9-10,12,14,27H2,1H3/t15-,25-/m0/s1. The minimum Gasteiger partial charge on any atom is -0.462 e. The number of fused-ring (bicyclic) bond motifs is 4. The van der Waals surface area contributed by atoms with Gasteiger partial charge in [0.05, 0.1) is 11.3 Å². The minimum atomic E-state index is -0.304. The Morgan fingerprint density at radius 3 is 2.97 bits per heavy atom. The number of thiophene rings is 1. The Kier molecular flexibility index (Phi) is 5.30. The summed E-state index contributed by atoms with van der Waals surface area (Å²) < 4.78 is 11.9. The lowest BCUT2D eigenvalue weighted by Crippen LogP contribution is -2.36. The molecule has 2 aliphatic carbocycles. The quantitative estimate of drug-likeness (QED) is 0.599. The number of aromatic nitrogens is 3. The van der Waals surface area contributed by atoms with E-state index in [1.54, 1.807) is 17.5 Å². The molecular formula is C25H28N6O2S. The summed E-state index contributed by atoms with van der Waals surface area (Å²) in [6.07, 6.45) is 9.86. The van der Waals surface area contributed by atoms with E-state index >= 15 is 0 Å². The molecule has 2 atom stereocenters. The van der Waals surface area contributed by atoms with Crippen molar-refractivity contribution in [3.05, 3.63) is 39.5 Å². The first-order valence-corrected chi connectivity index (χ1v) is 12.9. The molecular weight excluding hydrogens is 448 g/mol. The van der Waals surface area contributed by atoms with E-state index in [2.05, 4.69) is 33.1 Å². The number of hydrogen-bond donors (Lipinski definition) is 1. The first-order chi connectivity index (χ1) is 16.6. The SMILES string of the molecule is CN1CCC[C@H]1COc1nccc(-c2onc3c2CCC[C@@]32CCCc3sc(N)c(C#N)c32)n1. The largest absolute Gasteiger partial charge is 0.462 e. The molecule has 34 heavy (non-hydrogen) atoms. The summed E-state index contributed by atoms with van der Waals surface area (Å²) in [5.74, 6) is 0.688. The zero-order valence-electron chi connectivity index (χ0n) is 19.3. The van der Waals surface area contributed by atoms with Crippen LogP contribution in [0.3, 0.4) is 0 Å². The maximum Gasteiger partial charge on any atom is 0.317 e. The summed E-state index contributed by atoms with van der Waals surface area (Å²) in [6, 6.07) is 5.00. The monoisotopic (exact) mass is 476 g/mol. The maximum atomic E-state index is 9.88. The Hall–Kier alpha value is -2.96. The van der Waals surface area contributed by atoms with Gasteiger partial charge in [0.2, 0.25) is 0 Å². The molecule has 0 unspecified atom stereocenters. The van der Waals surface area contributed by atoms with E-state index in [-0.39, 0.29) is 5.41 Å². The molecule has 1 fully saturated rings. The smallest absolute Gasteiger partial charge is 0.317 e. The third-order valence-electron chi connectivity index (χ3n) is 7.82. The van der Waals surface area contributed by atoms with E-state index in [1.807, 2.05) is 6.07 Å². The van der Waals surface area contributed by atoms with Gasteiger partial charge in [-0.25, -0.2) is 4.98 Å². The summed E-state index contributed by atoms with van der Waals surface area (Å²) in [7, 11) is 2.13. The molecule has 9 heteroatoms. The summed E-state index contributed by atoms with van der Waals surface area (Å²) in [6.45, 7) is 1.68. The van der Waals surface area contributed by atoms with Crippen molar-refractivity contribution in [3.63, 3.8) is 0 Å². The molecule has 0 saturated carbocycles. The van der Waals surface area contributed by atoms with E-state index in [9.17, 15) is 5.26 Å². The predicted octanol–water partition coefficient (Wildman–Crippen LogP) is 4.08. The highest BCUT2D eigenvalue weighted by molar-refractivity contribution is 7.16. The molecule has 0 radical (unpaired) electrons. The number of ether oxygens (including phenoxy) is 1. The summed E-state index contributed by atoms with van der Waals surface area (Å²) in [4.78, 5) is 12.5. The lowest BCUT2D eigenvalue weighted by molar-refractivity contribution is 0.188. The fraction of sp³-hybridized carbons (Fsp3) is 0.520. The first kappa shape index (κ1) is 21.6. The summed E-state index contributed by atoms with van der Waals surface area (Å²) in [5, 5.41) is 15.1. The molecule has 3 aromatic rings. The van der Waals surface area contributed by atoms with Gasteiger partial charge >= 0.3 is 6.01 Å². The van der Waals surface area contributed by atoms with Crippen LogP contribution in [0, 0.1) is 11.3 Å². The highest BCUT2D eigenvalue weighted by atomic mass is 32.1. The average Bonchev–Trinajstić information content (AvgIpc) is 3.55. The fourth-order valence-corrected chi connectivity index (χ4v) is 7.32. The van der Waals surface area contributed by atoms with Crippen molar-refractivity contribution in [1.82, 2.24) is 20.0 Å². The molecule has 0 bridgehead atoms. The van der Waals surface area contributed by atoms with E-state index in [0.717, 1.165) is 68.3 Å². The van der Waals surface area contributed by atoms with Gasteiger partial charge in [-0.1, -0.05) is 5.16 Å². The van der Waals surface area contributed by atoms with Crippen molar-refractivity contribution in [1.29, 1.82) is 5.26 Å². The van der Waals surface area contributed by atoms with Crippen LogP contribution >= 0.6 is 11.3 Å². The number of nitrogens with zero attached hydrogens (tertiary/aromatic N) is 5. The van der Waals surface area contributed by atoms with Gasteiger partial charge in [-0.2, -0.15) is 10.2 Å². The van der Waals surface area contributed by atoms with Crippen molar-refractivity contribution >= 4 is 16.3 Å². The molecule has 176 valence electrons. The number of anilines is 1. The molecule has 3 aromatic heterocycles. The van der Waals surface area contributed by atoms with Crippen LogP contribution < -0.4 is 10.5 Å². The highest BCUT2D eigenvalue weighted by Gasteiger charge is 2.48. The molecule has 0 aromatic carbocycles. The number of likely N-dealkylation sites (tertiary alicyclic amines) is 1. The van der Waals surface area contributed by atoms with Crippen molar-refractivity contribution in [2.45, 2.75) is 62.8 Å². The molecule has 1 spiro atoms. The van der Waals surface area contributed by atoms with Crippen LogP contribution in [-0.2, 0) is 18.3 Å². The van der Waals surface area contributed by atoms with Crippen LogP contribution in [0.1, 0.15) is 65.8 Å². The van der Waals surface area contributed by atoms with Gasteiger partial charge < -0.3 is 19.9 Å². The predicted molar refractivity (Wildman–Crippen MR) is 129 cm³/mol. The van der Waals surface area contributed by atoms with Crippen LogP contribution in [0.2, 0.25) is 0 Å². The third-order valence-corrected chi connectivity index (χ3v) is 8.90. The molecule has 3 aliphatic rings. The van der Waals surface area contributed by atoms with E-state index < -0.39 is 0 Å². The van der Waals surface area contributed by atoms with Gasteiger partial charge in [0.1, 0.15) is 23.4 Å². The fourth-order valence-electron chi connectivity index (χ4n) is 6.15. The Bertz CT molecular complexity index is 1270. The third kappa shape index (κ3) is 3.31. The van der Waals surface area contributed by atoms with Crippen molar-refractivity contribution in [3.8, 4) is 23.5 Å². The van der Waals surface area contributed by atoms with Gasteiger partial charge in [-0.15, -0.1) is 11.3 Å². The molecule has 4 heterocycles. The van der Waals surface area contributed by atoms with E-state index in [4.69, 9.17) is 15.0 Å². The normalized spacial score (nSPS) is 24.1. The van der Waals surface area contributed by atoms with Crippen LogP contribution in [-0.4, -0.2) is 46.3 Å². The van der Waals surface area contributed by atoms with E-state index in [1.165, 1.54) is 11.3 Å². The molecule has 1 saturated heterocycles. The Morgan fingerprint density at radius 2 is 2.18 bits per heavy atom. The summed E-state index contributed by atoms with van der Waals surface area (Å²) >= 11 is 1.56. The summed E-state index contributed by atoms with van der Waals surface area (Å²) in [5.41, 5.74) is 10.4. The molecule has 0 amide bonds. The number of nitriles is 1. The Balaban J connectivity index is 1.35. The lowest BCUT2D eigenvalue weighted by Gasteiger charge is -2.39. The topological polar surface area (TPSA) is 114 Å². The maximum absolute atomic E-state index is 9.88. The van der Waals surface area contributed by atoms with Gasteiger partial charge in [-0.05, 0) is 76.6 Å². The van der Waals surface area contributed by atoms with Crippen LogP contribution in [0.5, 0.6) is 6.01 Å². The molecule has 8 nitrogen and oxygen atoms in total. The van der Waals surface area contributed by atoms with Crippen LogP contribution in [0.4, 0.5) is 5.00 Å². The van der Waals surface area contributed by atoms with Gasteiger partial charge in [-0.3, -0.25) is 0 Å². The van der Waals surface area contributed by atoms with Crippen molar-refractivity contribution in [2.75, 3.05) is 25.9 Å². The average molecular weight is 477 g/mol. The van der Waals surface area contributed by atoms with Crippen molar-refractivity contribution < 1.29 is 9.26 Å². The Morgan fingerprint density at radius 1 is 1.32 bits per heavy atom. The second kappa shape index (κ2) is 8.36. The first-order valence-electron chi connectivity index (χ1n) is 12.1. The number of nitrogen functional groups attached to an aromatic ring is 1. The zero-order chi connectivity index (χ0) is 23.3. The lowest BCUT2D eigenvalue weighted by atomic mass is 9.62. The van der Waals surface area contributed by atoms with Crippen molar-refractivity contribution in [2.24, 2.45) is 0 Å².